The number of morpholine rings is 1. The van der Waals surface area contributed by atoms with Crippen LogP contribution in [0.25, 0.3) is 0 Å². The molecule has 1 heterocycles. The number of ether oxygens (including phenoxy) is 2. The molecule has 2 N–H and O–H groups in total. The van der Waals surface area contributed by atoms with E-state index in [1.165, 1.54) is 5.56 Å². The molecule has 1 saturated heterocycles. The van der Waals surface area contributed by atoms with Crippen molar-refractivity contribution in [3.05, 3.63) is 29.8 Å². The van der Waals surface area contributed by atoms with Crippen LogP contribution in [0.15, 0.2) is 24.3 Å². The Morgan fingerprint density at radius 2 is 2.18 bits per heavy atom. The minimum Gasteiger partial charge on any atom is -0.497 e. The van der Waals surface area contributed by atoms with Gasteiger partial charge in [0.1, 0.15) is 5.75 Å². The molecule has 0 saturated carbocycles. The van der Waals surface area contributed by atoms with Gasteiger partial charge < -0.3 is 15.2 Å². The molecule has 1 aromatic rings. The Hall–Kier alpha value is -1.10. The zero-order chi connectivity index (χ0) is 12.1. The lowest BCUT2D eigenvalue weighted by molar-refractivity contribution is -0.0260. The molecule has 1 atom stereocenters. The van der Waals surface area contributed by atoms with Gasteiger partial charge in [0.05, 0.1) is 19.8 Å². The Morgan fingerprint density at radius 3 is 2.82 bits per heavy atom. The molecule has 4 heteroatoms. The molecule has 0 bridgehead atoms. The number of nitrogens with zero attached hydrogens (tertiary/aromatic N) is 1. The summed E-state index contributed by atoms with van der Waals surface area (Å²) in [6, 6.07) is 8.20. The van der Waals surface area contributed by atoms with E-state index in [2.05, 4.69) is 17.0 Å². The summed E-state index contributed by atoms with van der Waals surface area (Å²) >= 11 is 0. The van der Waals surface area contributed by atoms with Crippen LogP contribution in [0.3, 0.4) is 0 Å². The van der Waals surface area contributed by atoms with E-state index in [0.717, 1.165) is 32.0 Å². The van der Waals surface area contributed by atoms with Crippen LogP contribution in [-0.4, -0.2) is 44.4 Å². The molecule has 1 aliphatic rings. The molecule has 0 aliphatic carbocycles. The first-order chi connectivity index (χ1) is 8.31. The van der Waals surface area contributed by atoms with Crippen LogP contribution in [0.5, 0.6) is 5.75 Å². The molecule has 1 aliphatic heterocycles. The average Bonchev–Trinajstić information content (AvgIpc) is 2.40. The second-order valence-corrected chi connectivity index (χ2v) is 4.31. The lowest BCUT2D eigenvalue weighted by Crippen LogP contribution is -2.45. The summed E-state index contributed by atoms with van der Waals surface area (Å²) in [5.41, 5.74) is 6.92. The van der Waals surface area contributed by atoms with Crippen LogP contribution in [0.4, 0.5) is 0 Å². The summed E-state index contributed by atoms with van der Waals surface area (Å²) in [6.45, 7) is 4.21. The van der Waals surface area contributed by atoms with E-state index in [-0.39, 0.29) is 6.10 Å². The van der Waals surface area contributed by atoms with E-state index < -0.39 is 0 Å². The first kappa shape index (κ1) is 12.4. The quantitative estimate of drug-likeness (QED) is 0.842. The van der Waals surface area contributed by atoms with Gasteiger partial charge in [-0.05, 0) is 17.7 Å². The highest BCUT2D eigenvalue weighted by Crippen LogP contribution is 2.14. The van der Waals surface area contributed by atoms with E-state index in [9.17, 15) is 0 Å². The van der Waals surface area contributed by atoms with Crippen molar-refractivity contribution in [2.24, 2.45) is 5.73 Å². The SMILES string of the molecule is COc1ccc(CN2CCO[C@H](CN)C2)cc1. The Bertz CT molecular complexity index is 340. The van der Waals surface area contributed by atoms with Gasteiger partial charge in [-0.15, -0.1) is 0 Å². The molecule has 0 amide bonds. The van der Waals surface area contributed by atoms with E-state index in [4.69, 9.17) is 15.2 Å². The van der Waals surface area contributed by atoms with Gasteiger partial charge >= 0.3 is 0 Å². The first-order valence-corrected chi connectivity index (χ1v) is 5.99. The normalized spacial score (nSPS) is 21.4. The Morgan fingerprint density at radius 1 is 1.41 bits per heavy atom. The Labute approximate surface area is 102 Å². The van der Waals surface area contributed by atoms with Crippen molar-refractivity contribution >= 4 is 0 Å². The zero-order valence-electron chi connectivity index (χ0n) is 10.3. The fourth-order valence-corrected chi connectivity index (χ4v) is 2.06. The number of hydrogen-bond acceptors (Lipinski definition) is 4. The largest absolute Gasteiger partial charge is 0.497 e. The summed E-state index contributed by atoms with van der Waals surface area (Å²) in [5.74, 6) is 0.899. The predicted octanol–water partition coefficient (Wildman–Crippen LogP) is 0.855. The summed E-state index contributed by atoms with van der Waals surface area (Å²) in [5, 5.41) is 0. The molecular weight excluding hydrogens is 216 g/mol. The van der Waals surface area contributed by atoms with E-state index >= 15 is 0 Å². The van der Waals surface area contributed by atoms with Gasteiger partial charge in [-0.3, -0.25) is 4.90 Å². The molecule has 1 fully saturated rings. The molecule has 2 rings (SSSR count). The molecule has 0 unspecified atom stereocenters. The highest BCUT2D eigenvalue weighted by atomic mass is 16.5. The summed E-state index contributed by atoms with van der Waals surface area (Å²) < 4.78 is 10.7. The smallest absolute Gasteiger partial charge is 0.118 e. The van der Waals surface area contributed by atoms with Gasteiger partial charge in [0.2, 0.25) is 0 Å². The lowest BCUT2D eigenvalue weighted by atomic mass is 10.2. The fourth-order valence-electron chi connectivity index (χ4n) is 2.06. The van der Waals surface area contributed by atoms with Gasteiger partial charge in [0.25, 0.3) is 0 Å². The number of hydrogen-bond donors (Lipinski definition) is 1. The van der Waals surface area contributed by atoms with Crippen molar-refractivity contribution < 1.29 is 9.47 Å². The fraction of sp³-hybridized carbons (Fsp3) is 0.538. The summed E-state index contributed by atoms with van der Waals surface area (Å²) in [4.78, 5) is 2.38. The second-order valence-electron chi connectivity index (χ2n) is 4.31. The molecule has 0 aromatic heterocycles. The lowest BCUT2D eigenvalue weighted by Gasteiger charge is -2.32. The Kier molecular flexibility index (Phi) is 4.36. The highest BCUT2D eigenvalue weighted by molar-refractivity contribution is 5.27. The average molecular weight is 236 g/mol. The third-order valence-electron chi connectivity index (χ3n) is 3.05. The number of nitrogens with two attached hydrogens (primary N) is 1. The summed E-state index contributed by atoms with van der Waals surface area (Å²) in [7, 11) is 1.68. The molecule has 94 valence electrons. The van der Waals surface area contributed by atoms with Crippen LogP contribution in [0, 0.1) is 0 Å². The molecule has 1 aromatic carbocycles. The van der Waals surface area contributed by atoms with Crippen molar-refractivity contribution in [2.75, 3.05) is 33.4 Å². The monoisotopic (exact) mass is 236 g/mol. The minimum atomic E-state index is 0.182. The maximum absolute atomic E-state index is 5.63. The maximum atomic E-state index is 5.63. The van der Waals surface area contributed by atoms with Crippen molar-refractivity contribution in [1.29, 1.82) is 0 Å². The van der Waals surface area contributed by atoms with E-state index in [1.807, 2.05) is 12.1 Å². The highest BCUT2D eigenvalue weighted by Gasteiger charge is 2.18. The molecular formula is C13H20N2O2. The van der Waals surface area contributed by atoms with Gasteiger partial charge in [-0.2, -0.15) is 0 Å². The van der Waals surface area contributed by atoms with Crippen LogP contribution in [-0.2, 0) is 11.3 Å². The molecule has 0 spiro atoms. The van der Waals surface area contributed by atoms with Crippen molar-refractivity contribution in [3.63, 3.8) is 0 Å². The summed E-state index contributed by atoms with van der Waals surface area (Å²) in [6.07, 6.45) is 0.182. The van der Waals surface area contributed by atoms with E-state index in [1.54, 1.807) is 7.11 Å². The van der Waals surface area contributed by atoms with Gasteiger partial charge in [-0.25, -0.2) is 0 Å². The predicted molar refractivity (Wildman–Crippen MR) is 67.1 cm³/mol. The zero-order valence-corrected chi connectivity index (χ0v) is 10.3. The van der Waals surface area contributed by atoms with Gasteiger partial charge in [-0.1, -0.05) is 12.1 Å². The van der Waals surface area contributed by atoms with Crippen LogP contribution < -0.4 is 10.5 Å². The van der Waals surface area contributed by atoms with E-state index in [0.29, 0.717) is 6.54 Å². The topological polar surface area (TPSA) is 47.7 Å². The second kappa shape index (κ2) is 6.00. The minimum absolute atomic E-state index is 0.182. The molecule has 17 heavy (non-hydrogen) atoms. The first-order valence-electron chi connectivity index (χ1n) is 5.99. The van der Waals surface area contributed by atoms with Crippen molar-refractivity contribution in [1.82, 2.24) is 4.90 Å². The maximum Gasteiger partial charge on any atom is 0.118 e. The van der Waals surface area contributed by atoms with Crippen LogP contribution >= 0.6 is 0 Å². The van der Waals surface area contributed by atoms with Crippen molar-refractivity contribution in [3.8, 4) is 5.75 Å². The number of rotatable bonds is 4. The van der Waals surface area contributed by atoms with Gasteiger partial charge in [0, 0.05) is 26.2 Å². The third-order valence-corrected chi connectivity index (χ3v) is 3.05. The standard InChI is InChI=1S/C13H20N2O2/c1-16-12-4-2-11(3-5-12)9-15-6-7-17-13(8-14)10-15/h2-5,13H,6-10,14H2,1H3/t13-/m1/s1. The van der Waals surface area contributed by atoms with Crippen LogP contribution in [0.2, 0.25) is 0 Å². The van der Waals surface area contributed by atoms with Crippen molar-refractivity contribution in [2.45, 2.75) is 12.6 Å². The van der Waals surface area contributed by atoms with Crippen LogP contribution in [0.1, 0.15) is 5.56 Å². The molecule has 0 radical (unpaired) electrons. The number of methoxy groups -OCH3 is 1. The Balaban J connectivity index is 1.90. The third kappa shape index (κ3) is 3.43. The van der Waals surface area contributed by atoms with Gasteiger partial charge in [0.15, 0.2) is 0 Å². The molecule has 4 nitrogen and oxygen atoms in total. The number of benzene rings is 1.